The van der Waals surface area contributed by atoms with E-state index < -0.39 is 0 Å². The van der Waals surface area contributed by atoms with Gasteiger partial charge in [-0.3, -0.25) is 4.79 Å². The fourth-order valence-electron chi connectivity index (χ4n) is 3.25. The Morgan fingerprint density at radius 3 is 3.21 bits per heavy atom. The van der Waals surface area contributed by atoms with E-state index in [2.05, 4.69) is 22.1 Å². The Morgan fingerprint density at radius 1 is 1.42 bits per heavy atom. The average molecular weight is 278 g/mol. The van der Waals surface area contributed by atoms with Gasteiger partial charge in [-0.2, -0.15) is 0 Å². The van der Waals surface area contributed by atoms with Gasteiger partial charge in [-0.05, 0) is 62.1 Å². The second kappa shape index (κ2) is 6.06. The SMILES string of the molecule is O=C(NCC[C@H]1CCCN1)C1CCCc2sccc21. The van der Waals surface area contributed by atoms with E-state index in [-0.39, 0.29) is 11.8 Å². The minimum absolute atomic E-state index is 0.103. The summed E-state index contributed by atoms with van der Waals surface area (Å²) in [5.41, 5.74) is 1.28. The van der Waals surface area contributed by atoms with Gasteiger partial charge in [0.2, 0.25) is 5.91 Å². The molecule has 3 rings (SSSR count). The molecule has 1 aromatic rings. The van der Waals surface area contributed by atoms with Crippen LogP contribution in [0.3, 0.4) is 0 Å². The van der Waals surface area contributed by atoms with Gasteiger partial charge in [-0.25, -0.2) is 0 Å². The van der Waals surface area contributed by atoms with Crippen LogP contribution in [0, 0.1) is 0 Å². The largest absolute Gasteiger partial charge is 0.356 e. The molecule has 1 amide bonds. The van der Waals surface area contributed by atoms with Crippen molar-refractivity contribution < 1.29 is 4.79 Å². The van der Waals surface area contributed by atoms with Gasteiger partial charge < -0.3 is 10.6 Å². The molecule has 1 unspecified atom stereocenters. The van der Waals surface area contributed by atoms with E-state index in [1.807, 2.05) is 0 Å². The average Bonchev–Trinajstić information content (AvgIpc) is 3.08. The molecule has 4 heteroatoms. The highest BCUT2D eigenvalue weighted by molar-refractivity contribution is 7.10. The van der Waals surface area contributed by atoms with Crippen LogP contribution in [-0.2, 0) is 11.2 Å². The van der Waals surface area contributed by atoms with Crippen LogP contribution >= 0.6 is 11.3 Å². The first-order valence-electron chi connectivity index (χ1n) is 7.42. The van der Waals surface area contributed by atoms with Gasteiger partial charge in [-0.15, -0.1) is 11.3 Å². The van der Waals surface area contributed by atoms with Gasteiger partial charge >= 0.3 is 0 Å². The lowest BCUT2D eigenvalue weighted by Gasteiger charge is -2.22. The van der Waals surface area contributed by atoms with Crippen molar-refractivity contribution in [2.45, 2.75) is 50.5 Å². The van der Waals surface area contributed by atoms with Crippen LogP contribution in [0.15, 0.2) is 11.4 Å². The second-order valence-electron chi connectivity index (χ2n) is 5.62. The van der Waals surface area contributed by atoms with Gasteiger partial charge in [0.05, 0.1) is 5.92 Å². The van der Waals surface area contributed by atoms with Gasteiger partial charge in [0, 0.05) is 17.5 Å². The lowest BCUT2D eigenvalue weighted by atomic mass is 9.87. The monoisotopic (exact) mass is 278 g/mol. The van der Waals surface area contributed by atoms with Gasteiger partial charge in [0.15, 0.2) is 0 Å². The molecule has 104 valence electrons. The molecule has 1 saturated heterocycles. The molecule has 0 bridgehead atoms. The molecule has 2 aliphatic rings. The number of hydrogen-bond acceptors (Lipinski definition) is 3. The quantitative estimate of drug-likeness (QED) is 0.888. The molecule has 2 heterocycles. The molecule has 0 spiro atoms. The summed E-state index contributed by atoms with van der Waals surface area (Å²) in [6.07, 6.45) is 6.91. The first-order chi connectivity index (χ1) is 9.34. The number of rotatable bonds is 4. The number of carbonyl (C=O) groups excluding carboxylic acids is 1. The maximum Gasteiger partial charge on any atom is 0.227 e. The number of aryl methyl sites for hydroxylation is 1. The maximum absolute atomic E-state index is 12.3. The number of hydrogen-bond donors (Lipinski definition) is 2. The Morgan fingerprint density at radius 2 is 2.37 bits per heavy atom. The predicted octanol–water partition coefficient (Wildman–Crippen LogP) is 2.43. The Labute approximate surface area is 118 Å². The first kappa shape index (κ1) is 13.1. The minimum atomic E-state index is 0.103. The van der Waals surface area contributed by atoms with Crippen LogP contribution in [0.1, 0.15) is 48.5 Å². The second-order valence-corrected chi connectivity index (χ2v) is 6.62. The van der Waals surface area contributed by atoms with E-state index >= 15 is 0 Å². The lowest BCUT2D eigenvalue weighted by molar-refractivity contribution is -0.122. The molecule has 2 atom stereocenters. The van der Waals surface area contributed by atoms with Crippen LogP contribution in [-0.4, -0.2) is 25.0 Å². The van der Waals surface area contributed by atoms with Gasteiger partial charge in [0.1, 0.15) is 0 Å². The number of nitrogens with one attached hydrogen (secondary N) is 2. The number of thiophene rings is 1. The van der Waals surface area contributed by atoms with Crippen molar-refractivity contribution >= 4 is 17.2 Å². The fraction of sp³-hybridized carbons (Fsp3) is 0.667. The molecular weight excluding hydrogens is 256 g/mol. The van der Waals surface area contributed by atoms with Crippen molar-refractivity contribution in [3.05, 3.63) is 21.9 Å². The summed E-state index contributed by atoms with van der Waals surface area (Å²) in [6.45, 7) is 1.95. The van der Waals surface area contributed by atoms with E-state index in [9.17, 15) is 4.79 Å². The summed E-state index contributed by atoms with van der Waals surface area (Å²) in [4.78, 5) is 13.7. The molecule has 3 nitrogen and oxygen atoms in total. The van der Waals surface area contributed by atoms with E-state index in [0.717, 1.165) is 38.8 Å². The summed E-state index contributed by atoms with van der Waals surface area (Å²) in [6, 6.07) is 2.76. The van der Waals surface area contributed by atoms with Gasteiger partial charge in [-0.1, -0.05) is 0 Å². The smallest absolute Gasteiger partial charge is 0.227 e. The van der Waals surface area contributed by atoms with E-state index in [0.29, 0.717) is 6.04 Å². The van der Waals surface area contributed by atoms with Crippen molar-refractivity contribution in [1.29, 1.82) is 0 Å². The number of carbonyl (C=O) groups is 1. The predicted molar refractivity (Wildman–Crippen MR) is 78.6 cm³/mol. The van der Waals surface area contributed by atoms with Crippen molar-refractivity contribution in [3.8, 4) is 0 Å². The van der Waals surface area contributed by atoms with Crippen LogP contribution < -0.4 is 10.6 Å². The highest BCUT2D eigenvalue weighted by Gasteiger charge is 2.27. The zero-order valence-corrected chi connectivity index (χ0v) is 12.1. The third-order valence-corrected chi connectivity index (χ3v) is 5.32. The molecule has 0 aromatic carbocycles. The molecule has 0 radical (unpaired) electrons. The molecular formula is C15H22N2OS. The maximum atomic E-state index is 12.3. The summed E-state index contributed by atoms with van der Waals surface area (Å²) in [5, 5.41) is 8.73. The van der Waals surface area contributed by atoms with Crippen molar-refractivity contribution in [1.82, 2.24) is 10.6 Å². The van der Waals surface area contributed by atoms with Gasteiger partial charge in [0.25, 0.3) is 0 Å². The van der Waals surface area contributed by atoms with Crippen molar-refractivity contribution in [2.24, 2.45) is 0 Å². The van der Waals surface area contributed by atoms with Crippen molar-refractivity contribution in [3.63, 3.8) is 0 Å². The highest BCUT2D eigenvalue weighted by atomic mass is 32.1. The van der Waals surface area contributed by atoms with Crippen LogP contribution in [0.4, 0.5) is 0 Å². The summed E-state index contributed by atoms with van der Waals surface area (Å²) in [5.74, 6) is 0.337. The molecule has 19 heavy (non-hydrogen) atoms. The molecule has 1 aliphatic carbocycles. The molecule has 1 aromatic heterocycles. The molecule has 0 saturated carbocycles. The van der Waals surface area contributed by atoms with E-state index in [1.54, 1.807) is 11.3 Å². The summed E-state index contributed by atoms with van der Waals surface area (Å²) >= 11 is 1.80. The first-order valence-corrected chi connectivity index (χ1v) is 8.30. The third kappa shape index (κ3) is 3.00. The van der Waals surface area contributed by atoms with E-state index in [1.165, 1.54) is 23.3 Å². The number of fused-ring (bicyclic) bond motifs is 1. The summed E-state index contributed by atoms with van der Waals surface area (Å²) < 4.78 is 0. The normalized spacial score (nSPS) is 26.1. The topological polar surface area (TPSA) is 41.1 Å². The fourth-order valence-corrected chi connectivity index (χ4v) is 4.24. The Kier molecular flexibility index (Phi) is 4.18. The lowest BCUT2D eigenvalue weighted by Crippen LogP contribution is -2.34. The Balaban J connectivity index is 1.51. The third-order valence-electron chi connectivity index (χ3n) is 4.32. The van der Waals surface area contributed by atoms with Crippen LogP contribution in [0.2, 0.25) is 0 Å². The highest BCUT2D eigenvalue weighted by Crippen LogP contribution is 2.34. The van der Waals surface area contributed by atoms with Crippen LogP contribution in [0.25, 0.3) is 0 Å². The molecule has 1 aliphatic heterocycles. The molecule has 1 fully saturated rings. The van der Waals surface area contributed by atoms with Crippen molar-refractivity contribution in [2.75, 3.05) is 13.1 Å². The summed E-state index contributed by atoms with van der Waals surface area (Å²) in [7, 11) is 0. The standard InChI is InChI=1S/C15H22N2OS/c18-15(17-9-6-11-3-2-8-16-11)13-4-1-5-14-12(13)7-10-19-14/h7,10-11,13,16H,1-6,8-9H2,(H,17,18)/t11-,13?/m1/s1. The zero-order valence-electron chi connectivity index (χ0n) is 11.3. The Hall–Kier alpha value is -0.870. The van der Waals surface area contributed by atoms with Crippen LogP contribution in [0.5, 0.6) is 0 Å². The molecule has 2 N–H and O–H groups in total. The number of amides is 1. The van der Waals surface area contributed by atoms with E-state index in [4.69, 9.17) is 0 Å². The Bertz CT molecular complexity index is 437. The minimum Gasteiger partial charge on any atom is -0.356 e. The zero-order chi connectivity index (χ0) is 13.1.